The first-order valence-electron chi connectivity index (χ1n) is 6.43. The molecule has 4 nitrogen and oxygen atoms in total. The number of nitrogens with one attached hydrogen (secondary N) is 1. The molecule has 1 aromatic rings. The zero-order chi connectivity index (χ0) is 17.2. The van der Waals surface area contributed by atoms with Gasteiger partial charge >= 0.3 is 6.18 Å². The van der Waals surface area contributed by atoms with Crippen molar-refractivity contribution in [2.24, 2.45) is 10.7 Å². The van der Waals surface area contributed by atoms with Gasteiger partial charge < -0.3 is 5.73 Å². The van der Waals surface area contributed by atoms with Crippen LogP contribution in [0.15, 0.2) is 35.3 Å². The second kappa shape index (κ2) is 6.62. The fourth-order valence-corrected chi connectivity index (χ4v) is 2.68. The molecule has 0 amide bonds. The molecule has 1 aromatic carbocycles. The smallest absolute Gasteiger partial charge is 0.384 e. The van der Waals surface area contributed by atoms with Crippen LogP contribution in [0.1, 0.15) is 22.7 Å². The summed E-state index contributed by atoms with van der Waals surface area (Å²) in [5, 5.41) is 7.18. The van der Waals surface area contributed by atoms with Crippen LogP contribution in [0.5, 0.6) is 0 Å². The van der Waals surface area contributed by atoms with E-state index in [9.17, 15) is 13.2 Å². The van der Waals surface area contributed by atoms with Crippen LogP contribution >= 0.6 is 22.9 Å². The number of nitrogens with zero attached hydrogens (tertiary/aromatic N) is 2. The first-order valence-corrected chi connectivity index (χ1v) is 7.39. The summed E-state index contributed by atoms with van der Waals surface area (Å²) in [6.45, 7) is 1.73. The molecular formula is C15H12F3IN4. The quantitative estimate of drug-likeness (QED) is 0.252. The van der Waals surface area contributed by atoms with Gasteiger partial charge in [-0.3, -0.25) is 8.52 Å². The number of nitrogens with two attached hydrogens (primary N) is 1. The molecule has 1 aliphatic rings. The second-order valence-electron chi connectivity index (χ2n) is 4.80. The van der Waals surface area contributed by atoms with Gasteiger partial charge in [0.15, 0.2) is 0 Å². The lowest BCUT2D eigenvalue weighted by Crippen LogP contribution is -2.27. The molecule has 0 radical (unpaired) electrons. The summed E-state index contributed by atoms with van der Waals surface area (Å²) in [4.78, 5) is 3.97. The van der Waals surface area contributed by atoms with Gasteiger partial charge in [0.25, 0.3) is 0 Å². The molecule has 1 heterocycles. The normalized spacial score (nSPS) is 17.7. The average Bonchev–Trinajstić information content (AvgIpc) is 2.45. The Balaban J connectivity index is 2.39. The minimum atomic E-state index is -4.41. The van der Waals surface area contributed by atoms with Crippen molar-refractivity contribution >= 4 is 34.5 Å². The number of halogens is 4. The van der Waals surface area contributed by atoms with E-state index in [1.54, 1.807) is 10.0 Å². The minimum absolute atomic E-state index is 0.150. The summed E-state index contributed by atoms with van der Waals surface area (Å²) in [6.07, 6.45) is -1.57. The van der Waals surface area contributed by atoms with Crippen LogP contribution in [0.2, 0.25) is 0 Å². The van der Waals surface area contributed by atoms with Crippen LogP contribution in [0.25, 0.3) is 0 Å². The molecule has 0 saturated carbocycles. The monoisotopic (exact) mass is 432 g/mol. The van der Waals surface area contributed by atoms with Gasteiger partial charge in [-0.1, -0.05) is 6.07 Å². The molecule has 1 atom stereocenters. The molecular weight excluding hydrogens is 420 g/mol. The van der Waals surface area contributed by atoms with Gasteiger partial charge in [-0.15, -0.1) is 0 Å². The van der Waals surface area contributed by atoms with E-state index in [0.29, 0.717) is 17.0 Å². The lowest BCUT2D eigenvalue weighted by atomic mass is 9.98. The van der Waals surface area contributed by atoms with E-state index in [4.69, 9.17) is 11.1 Å². The highest BCUT2D eigenvalue weighted by atomic mass is 127. The van der Waals surface area contributed by atoms with E-state index in [2.05, 4.69) is 17.0 Å². The molecule has 2 rings (SSSR count). The van der Waals surface area contributed by atoms with Gasteiger partial charge in [-0.25, -0.2) is 0 Å². The molecule has 0 bridgehead atoms. The third-order valence-electron chi connectivity index (χ3n) is 3.13. The maximum atomic E-state index is 12.9. The molecule has 8 heteroatoms. The highest BCUT2D eigenvalue weighted by molar-refractivity contribution is 14.1. The number of rotatable bonds is 3. The Morgan fingerprint density at radius 3 is 2.78 bits per heavy atom. The number of aryl methyl sites for hydroxylation is 1. The van der Waals surface area contributed by atoms with Gasteiger partial charge in [-0.2, -0.15) is 18.2 Å². The van der Waals surface area contributed by atoms with Crippen molar-refractivity contribution in [2.75, 3.05) is 0 Å². The van der Waals surface area contributed by atoms with Crippen LogP contribution in [0.4, 0.5) is 13.2 Å². The highest BCUT2D eigenvalue weighted by Crippen LogP contribution is 2.35. The van der Waals surface area contributed by atoms with Crippen LogP contribution < -0.4 is 5.73 Å². The number of hydrogen-bond donors (Lipinski definition) is 2. The molecule has 0 fully saturated rings. The Morgan fingerprint density at radius 1 is 1.48 bits per heavy atom. The van der Waals surface area contributed by atoms with Crippen LogP contribution in [0.3, 0.4) is 0 Å². The predicted octanol–water partition coefficient (Wildman–Crippen LogP) is 3.57. The summed E-state index contributed by atoms with van der Waals surface area (Å²) < 4.78 is 40.4. The summed E-state index contributed by atoms with van der Waals surface area (Å²) in [6, 6.07) is 5.60. The van der Waals surface area contributed by atoms with Crippen molar-refractivity contribution < 1.29 is 13.2 Å². The fourth-order valence-electron chi connectivity index (χ4n) is 1.97. The molecule has 0 aliphatic carbocycles. The van der Waals surface area contributed by atoms with Crippen molar-refractivity contribution in [3.05, 3.63) is 47.0 Å². The van der Waals surface area contributed by atoms with Crippen LogP contribution in [0, 0.1) is 24.3 Å². The molecule has 0 aromatic heterocycles. The zero-order valence-electron chi connectivity index (χ0n) is 11.9. The maximum Gasteiger partial charge on any atom is 0.416 e. The Hall–Kier alpha value is -2.02. The standard InChI is InChI=1S/C15H12F3IN4/c1-9-2-3-10(15(16,17)18)8-11(9)12-6-7-22-14(23(12)19)5-4-13(20)21/h2-5,8,12H,1H3,(H3,20,21)/b5-4-. The van der Waals surface area contributed by atoms with Gasteiger partial charge in [0, 0.05) is 6.04 Å². The highest BCUT2D eigenvalue weighted by Gasteiger charge is 2.32. The molecule has 1 unspecified atom stereocenters. The van der Waals surface area contributed by atoms with Crippen molar-refractivity contribution in [2.45, 2.75) is 19.1 Å². The summed E-state index contributed by atoms with van der Waals surface area (Å²) in [7, 11) is 0. The first-order chi connectivity index (χ1) is 10.7. The summed E-state index contributed by atoms with van der Waals surface area (Å²) >= 11 is 1.94. The van der Waals surface area contributed by atoms with Crippen LogP contribution in [-0.2, 0) is 6.18 Å². The molecule has 0 saturated heterocycles. The molecule has 1 aliphatic heterocycles. The van der Waals surface area contributed by atoms with Crippen molar-refractivity contribution in [3.8, 4) is 12.0 Å². The maximum absolute atomic E-state index is 12.9. The molecule has 23 heavy (non-hydrogen) atoms. The van der Waals surface area contributed by atoms with Crippen LogP contribution in [-0.4, -0.2) is 14.8 Å². The molecule has 120 valence electrons. The Kier molecular flexibility index (Phi) is 4.99. The first kappa shape index (κ1) is 17.3. The Labute approximate surface area is 145 Å². The Morgan fingerprint density at radius 2 is 2.17 bits per heavy atom. The summed E-state index contributed by atoms with van der Waals surface area (Å²) in [5.41, 5.74) is 5.71. The van der Waals surface area contributed by atoms with Gasteiger partial charge in [-0.05, 0) is 48.3 Å². The lowest BCUT2D eigenvalue weighted by molar-refractivity contribution is -0.137. The third kappa shape index (κ3) is 4.04. The van der Waals surface area contributed by atoms with E-state index in [-0.39, 0.29) is 5.84 Å². The SMILES string of the molecule is Cc1ccc(C(F)(F)F)cc1C1C#CN=C(/C=C\C(=N)N)N1I. The van der Waals surface area contributed by atoms with E-state index in [0.717, 1.165) is 12.1 Å². The van der Waals surface area contributed by atoms with Crippen molar-refractivity contribution in [1.82, 2.24) is 3.11 Å². The van der Waals surface area contributed by atoms with Gasteiger partial charge in [0.05, 0.1) is 28.4 Å². The number of amidine groups is 2. The number of alkyl halides is 3. The van der Waals surface area contributed by atoms with E-state index in [1.165, 1.54) is 18.2 Å². The van der Waals surface area contributed by atoms with E-state index < -0.39 is 17.8 Å². The molecule has 3 N–H and O–H groups in total. The molecule has 0 spiro atoms. The third-order valence-corrected chi connectivity index (χ3v) is 4.18. The lowest BCUT2D eigenvalue weighted by Gasteiger charge is -2.26. The largest absolute Gasteiger partial charge is 0.416 e. The topological polar surface area (TPSA) is 65.5 Å². The van der Waals surface area contributed by atoms with Gasteiger partial charge in [0.1, 0.15) is 17.7 Å². The number of benzene rings is 1. The fraction of sp³-hybridized carbons (Fsp3) is 0.200. The average molecular weight is 432 g/mol. The van der Waals surface area contributed by atoms with E-state index in [1.807, 2.05) is 22.9 Å². The second-order valence-corrected chi connectivity index (χ2v) is 5.84. The van der Waals surface area contributed by atoms with Gasteiger partial charge in [0.2, 0.25) is 0 Å². The van der Waals surface area contributed by atoms with Crippen molar-refractivity contribution in [1.29, 1.82) is 5.41 Å². The minimum Gasteiger partial charge on any atom is -0.384 e. The number of aliphatic imine (C=N–C) groups is 1. The summed E-state index contributed by atoms with van der Waals surface area (Å²) in [5.74, 6) is 3.08. The Bertz CT molecular complexity index is 756. The van der Waals surface area contributed by atoms with Crippen molar-refractivity contribution in [3.63, 3.8) is 0 Å². The predicted molar refractivity (Wildman–Crippen MR) is 91.0 cm³/mol. The number of hydrogen-bond acceptors (Lipinski definition) is 3. The van der Waals surface area contributed by atoms with E-state index >= 15 is 0 Å². The zero-order valence-corrected chi connectivity index (χ0v) is 14.1.